The lowest BCUT2D eigenvalue weighted by atomic mass is 10.1. The molecule has 10 nitrogen and oxygen atoms in total. The molecule has 3 aromatic rings. The van der Waals surface area contributed by atoms with Gasteiger partial charge in [0.25, 0.3) is 0 Å². The van der Waals surface area contributed by atoms with Gasteiger partial charge < -0.3 is 20.3 Å². The van der Waals surface area contributed by atoms with Crippen LogP contribution in [-0.4, -0.2) is 94.8 Å². The van der Waals surface area contributed by atoms with Crippen LogP contribution in [-0.2, 0) is 17.7 Å². The molecule has 200 valence electrons. The Morgan fingerprint density at radius 2 is 1.61 bits per heavy atom. The Morgan fingerprint density at radius 1 is 0.895 bits per heavy atom. The molecular formula is C28H37N9O. The number of anilines is 4. The number of aromatic nitrogens is 4. The van der Waals surface area contributed by atoms with Crippen molar-refractivity contribution in [2.45, 2.75) is 32.9 Å². The SMILES string of the molecule is CC(C)N1CCN(Cc2ccc(N3CCc4c(-c5cnc(N)nc5)nc(N5CCOCC5)nc43)cc2)CC1. The summed E-state index contributed by atoms with van der Waals surface area (Å²) in [6, 6.07) is 9.62. The van der Waals surface area contributed by atoms with Crippen LogP contribution in [0.5, 0.6) is 0 Å². The van der Waals surface area contributed by atoms with Gasteiger partial charge >= 0.3 is 0 Å². The summed E-state index contributed by atoms with van der Waals surface area (Å²) in [6.07, 6.45) is 4.37. The van der Waals surface area contributed by atoms with Gasteiger partial charge in [-0.25, -0.2) is 15.0 Å². The van der Waals surface area contributed by atoms with Gasteiger partial charge in [0.2, 0.25) is 11.9 Å². The molecule has 0 saturated carbocycles. The molecule has 2 N–H and O–H groups in total. The van der Waals surface area contributed by atoms with Crippen molar-refractivity contribution in [2.24, 2.45) is 0 Å². The molecule has 2 aromatic heterocycles. The Morgan fingerprint density at radius 3 is 2.29 bits per heavy atom. The van der Waals surface area contributed by atoms with E-state index in [0.717, 1.165) is 93.1 Å². The molecule has 0 atom stereocenters. The molecule has 1 aromatic carbocycles. The summed E-state index contributed by atoms with van der Waals surface area (Å²) in [5.41, 5.74) is 11.1. The maximum absolute atomic E-state index is 5.76. The molecule has 0 amide bonds. The van der Waals surface area contributed by atoms with E-state index in [1.807, 2.05) is 0 Å². The van der Waals surface area contributed by atoms with Crippen LogP contribution in [0.15, 0.2) is 36.7 Å². The average molecular weight is 516 g/mol. The fourth-order valence-corrected chi connectivity index (χ4v) is 5.58. The van der Waals surface area contributed by atoms with Crippen molar-refractivity contribution in [1.29, 1.82) is 0 Å². The molecule has 0 unspecified atom stereocenters. The van der Waals surface area contributed by atoms with Crippen LogP contribution in [0.25, 0.3) is 11.3 Å². The molecule has 0 aliphatic carbocycles. The first kappa shape index (κ1) is 25.0. The van der Waals surface area contributed by atoms with Crippen LogP contribution in [0.3, 0.4) is 0 Å². The van der Waals surface area contributed by atoms with Gasteiger partial charge in [-0.1, -0.05) is 12.1 Å². The first-order valence-corrected chi connectivity index (χ1v) is 13.7. The van der Waals surface area contributed by atoms with Crippen molar-refractivity contribution in [3.05, 3.63) is 47.8 Å². The second-order valence-corrected chi connectivity index (χ2v) is 10.6. The summed E-state index contributed by atoms with van der Waals surface area (Å²) >= 11 is 0. The predicted octanol–water partition coefficient (Wildman–Crippen LogP) is 2.57. The third kappa shape index (κ3) is 5.16. The molecule has 0 bridgehead atoms. The molecule has 2 saturated heterocycles. The van der Waals surface area contributed by atoms with Crippen LogP contribution < -0.4 is 15.5 Å². The number of hydrogen-bond donors (Lipinski definition) is 1. The van der Waals surface area contributed by atoms with Crippen LogP contribution in [0.1, 0.15) is 25.0 Å². The van der Waals surface area contributed by atoms with Gasteiger partial charge in [0.05, 0.1) is 18.9 Å². The zero-order valence-electron chi connectivity index (χ0n) is 22.4. The van der Waals surface area contributed by atoms with Crippen LogP contribution in [0, 0.1) is 0 Å². The van der Waals surface area contributed by atoms with E-state index in [4.69, 9.17) is 20.4 Å². The second kappa shape index (κ2) is 10.8. The number of morpholine rings is 1. The number of hydrogen-bond acceptors (Lipinski definition) is 10. The minimum absolute atomic E-state index is 0.261. The number of nitrogens with two attached hydrogens (primary N) is 1. The third-order valence-electron chi connectivity index (χ3n) is 7.85. The largest absolute Gasteiger partial charge is 0.378 e. The smallest absolute Gasteiger partial charge is 0.228 e. The standard InChI is InChI=1S/C28H37N9O/c1-20(2)35-11-9-34(10-12-35)19-21-3-5-23(6-4-21)37-8-7-24-25(22-17-30-27(29)31-18-22)32-28(33-26(24)37)36-13-15-38-16-14-36/h3-6,17-18,20H,7-16,19H2,1-2H3,(H2,29,30,31). The number of nitrogens with zero attached hydrogens (tertiary/aromatic N) is 8. The highest BCUT2D eigenvalue weighted by Crippen LogP contribution is 2.39. The van der Waals surface area contributed by atoms with Gasteiger partial charge in [-0.15, -0.1) is 0 Å². The number of ether oxygens (including phenoxy) is 1. The zero-order chi connectivity index (χ0) is 26.1. The van der Waals surface area contributed by atoms with E-state index < -0.39 is 0 Å². The van der Waals surface area contributed by atoms with Gasteiger partial charge in [-0.2, -0.15) is 4.98 Å². The van der Waals surface area contributed by atoms with E-state index in [-0.39, 0.29) is 5.95 Å². The minimum Gasteiger partial charge on any atom is -0.378 e. The highest BCUT2D eigenvalue weighted by molar-refractivity contribution is 5.76. The van der Waals surface area contributed by atoms with Gasteiger partial charge in [-0.3, -0.25) is 9.80 Å². The fraction of sp³-hybridized carbons (Fsp3) is 0.500. The second-order valence-electron chi connectivity index (χ2n) is 10.6. The molecule has 3 aliphatic heterocycles. The molecular weight excluding hydrogens is 478 g/mol. The molecule has 5 heterocycles. The fourth-order valence-electron chi connectivity index (χ4n) is 5.58. The summed E-state index contributed by atoms with van der Waals surface area (Å²) in [6.45, 7) is 13.9. The molecule has 38 heavy (non-hydrogen) atoms. The summed E-state index contributed by atoms with van der Waals surface area (Å²) < 4.78 is 5.57. The highest BCUT2D eigenvalue weighted by atomic mass is 16.5. The van der Waals surface area contributed by atoms with E-state index in [9.17, 15) is 0 Å². The summed E-state index contributed by atoms with van der Waals surface area (Å²) in [4.78, 5) is 28.1. The van der Waals surface area contributed by atoms with E-state index in [2.05, 4.69) is 67.7 Å². The number of fused-ring (bicyclic) bond motifs is 1. The predicted molar refractivity (Wildman–Crippen MR) is 150 cm³/mol. The molecule has 2 fully saturated rings. The number of piperazine rings is 1. The van der Waals surface area contributed by atoms with Crippen LogP contribution in [0.2, 0.25) is 0 Å². The van der Waals surface area contributed by atoms with E-state index in [1.165, 1.54) is 5.56 Å². The zero-order valence-corrected chi connectivity index (χ0v) is 22.4. The average Bonchev–Trinajstić information content (AvgIpc) is 3.38. The van der Waals surface area contributed by atoms with Crippen LogP contribution >= 0.6 is 0 Å². The molecule has 0 spiro atoms. The Bertz CT molecular complexity index is 1230. The third-order valence-corrected chi connectivity index (χ3v) is 7.85. The molecule has 0 radical (unpaired) electrons. The van der Waals surface area contributed by atoms with E-state index in [1.54, 1.807) is 12.4 Å². The maximum Gasteiger partial charge on any atom is 0.228 e. The number of benzene rings is 1. The van der Waals surface area contributed by atoms with Crippen molar-refractivity contribution in [3.63, 3.8) is 0 Å². The first-order chi connectivity index (χ1) is 18.5. The van der Waals surface area contributed by atoms with Crippen molar-refractivity contribution in [2.75, 3.05) is 74.6 Å². The Kier molecular flexibility index (Phi) is 7.10. The highest BCUT2D eigenvalue weighted by Gasteiger charge is 2.29. The normalized spacial score (nSPS) is 18.8. The van der Waals surface area contributed by atoms with Crippen molar-refractivity contribution in [1.82, 2.24) is 29.7 Å². The van der Waals surface area contributed by atoms with Crippen molar-refractivity contribution in [3.8, 4) is 11.3 Å². The Labute approximate surface area is 224 Å². The van der Waals surface area contributed by atoms with Crippen molar-refractivity contribution >= 4 is 23.4 Å². The summed E-state index contributed by atoms with van der Waals surface area (Å²) in [7, 11) is 0. The van der Waals surface area contributed by atoms with Gasteiger partial charge in [0, 0.05) is 87.6 Å². The van der Waals surface area contributed by atoms with E-state index in [0.29, 0.717) is 19.3 Å². The lowest BCUT2D eigenvalue weighted by Crippen LogP contribution is -2.48. The molecule has 3 aliphatic rings. The lowest BCUT2D eigenvalue weighted by Gasteiger charge is -2.37. The maximum atomic E-state index is 5.76. The number of rotatable bonds is 6. The quantitative estimate of drug-likeness (QED) is 0.527. The van der Waals surface area contributed by atoms with Gasteiger partial charge in [0.15, 0.2) is 0 Å². The first-order valence-electron chi connectivity index (χ1n) is 13.7. The van der Waals surface area contributed by atoms with Crippen molar-refractivity contribution < 1.29 is 4.74 Å². The lowest BCUT2D eigenvalue weighted by molar-refractivity contribution is 0.104. The Hall–Kier alpha value is -3.34. The number of nitrogen functional groups attached to an aromatic ring is 1. The summed E-state index contributed by atoms with van der Waals surface area (Å²) in [5, 5.41) is 0. The van der Waals surface area contributed by atoms with E-state index >= 15 is 0 Å². The Balaban J connectivity index is 1.25. The minimum atomic E-state index is 0.261. The monoisotopic (exact) mass is 515 g/mol. The van der Waals surface area contributed by atoms with Gasteiger partial charge in [-0.05, 0) is 38.0 Å². The molecule has 6 rings (SSSR count). The summed E-state index contributed by atoms with van der Waals surface area (Å²) in [5.74, 6) is 1.95. The molecule has 10 heteroatoms. The topological polar surface area (TPSA) is 99.8 Å². The van der Waals surface area contributed by atoms with Gasteiger partial charge in [0.1, 0.15) is 5.82 Å². The van der Waals surface area contributed by atoms with Crippen LogP contribution in [0.4, 0.5) is 23.4 Å².